The van der Waals surface area contributed by atoms with Gasteiger partial charge in [-0.15, -0.1) is 0 Å². The Morgan fingerprint density at radius 3 is 2.45 bits per heavy atom. The summed E-state index contributed by atoms with van der Waals surface area (Å²) in [6.07, 6.45) is 2.62. The molecular formula is C23H24FN3O5S. The first-order chi connectivity index (χ1) is 15.8. The fourth-order valence-electron chi connectivity index (χ4n) is 3.18. The molecule has 0 saturated carbocycles. The molecule has 0 unspecified atom stereocenters. The lowest BCUT2D eigenvalue weighted by molar-refractivity contribution is -0.116. The van der Waals surface area contributed by atoms with E-state index in [1.165, 1.54) is 30.5 Å². The van der Waals surface area contributed by atoms with E-state index >= 15 is 0 Å². The number of carbonyl (C=O) groups excluding carboxylic acids is 2. The summed E-state index contributed by atoms with van der Waals surface area (Å²) in [6.45, 7) is 0.129. The number of halogens is 1. The third-order valence-electron chi connectivity index (χ3n) is 4.74. The Bertz CT molecular complexity index is 1210. The summed E-state index contributed by atoms with van der Waals surface area (Å²) in [5, 5.41) is 5.40. The number of para-hydroxylation sites is 2. The second kappa shape index (κ2) is 10.8. The highest BCUT2D eigenvalue weighted by molar-refractivity contribution is 7.92. The number of furan rings is 1. The Morgan fingerprint density at radius 1 is 1.03 bits per heavy atom. The molecule has 3 aromatic rings. The molecule has 0 spiro atoms. The van der Waals surface area contributed by atoms with Gasteiger partial charge in [-0.2, -0.15) is 0 Å². The number of hydrogen-bond acceptors (Lipinski definition) is 5. The van der Waals surface area contributed by atoms with Crippen LogP contribution in [-0.4, -0.2) is 33.0 Å². The van der Waals surface area contributed by atoms with Crippen molar-refractivity contribution in [2.45, 2.75) is 19.4 Å². The van der Waals surface area contributed by atoms with Gasteiger partial charge in [0.2, 0.25) is 15.9 Å². The molecule has 3 rings (SSSR count). The Balaban J connectivity index is 1.59. The zero-order valence-electron chi connectivity index (χ0n) is 18.0. The van der Waals surface area contributed by atoms with Crippen molar-refractivity contribution in [2.24, 2.45) is 0 Å². The fourth-order valence-corrected chi connectivity index (χ4v) is 4.15. The normalized spacial score (nSPS) is 11.1. The van der Waals surface area contributed by atoms with E-state index < -0.39 is 21.7 Å². The molecule has 0 aliphatic heterocycles. The number of amides is 2. The summed E-state index contributed by atoms with van der Waals surface area (Å²) in [5.74, 6) is -0.856. The van der Waals surface area contributed by atoms with Gasteiger partial charge in [-0.1, -0.05) is 24.3 Å². The van der Waals surface area contributed by atoms with Gasteiger partial charge in [0.05, 0.1) is 36.0 Å². The minimum atomic E-state index is -3.74. The van der Waals surface area contributed by atoms with Crippen LogP contribution < -0.4 is 14.9 Å². The van der Waals surface area contributed by atoms with Gasteiger partial charge < -0.3 is 15.1 Å². The smallest absolute Gasteiger partial charge is 0.253 e. The van der Waals surface area contributed by atoms with Crippen LogP contribution in [0.5, 0.6) is 0 Å². The summed E-state index contributed by atoms with van der Waals surface area (Å²) in [4.78, 5) is 25.0. The van der Waals surface area contributed by atoms with Gasteiger partial charge in [-0.3, -0.25) is 13.9 Å². The number of anilines is 2. The maximum Gasteiger partial charge on any atom is 0.253 e. The predicted molar refractivity (Wildman–Crippen MR) is 123 cm³/mol. The van der Waals surface area contributed by atoms with E-state index in [9.17, 15) is 22.4 Å². The first kappa shape index (κ1) is 24.0. The lowest BCUT2D eigenvalue weighted by Crippen LogP contribution is -2.32. The molecule has 2 amide bonds. The standard InChI is InChI=1S/C23H24FN3O5S/c1-33(30,31)27(21-12-5-3-10-19(21)24)14-6-13-22(28)26-20-11-4-2-9-18(20)23(29)25-16-17-8-7-15-32-17/h2-5,7-12,15H,6,13-14,16H2,1H3,(H,25,29)(H,26,28). The van der Waals surface area contributed by atoms with E-state index in [0.29, 0.717) is 11.4 Å². The van der Waals surface area contributed by atoms with Crippen molar-refractivity contribution in [1.29, 1.82) is 0 Å². The largest absolute Gasteiger partial charge is 0.467 e. The van der Waals surface area contributed by atoms with E-state index in [4.69, 9.17) is 4.42 Å². The second-order valence-electron chi connectivity index (χ2n) is 7.25. The summed E-state index contributed by atoms with van der Waals surface area (Å²) in [7, 11) is -3.74. The number of rotatable bonds is 10. The molecule has 0 radical (unpaired) electrons. The molecular weight excluding hydrogens is 449 g/mol. The average Bonchev–Trinajstić information content (AvgIpc) is 3.29. The Labute approximate surface area is 191 Å². The van der Waals surface area contributed by atoms with Crippen molar-refractivity contribution in [1.82, 2.24) is 5.32 Å². The molecule has 8 nitrogen and oxygen atoms in total. The zero-order chi connectivity index (χ0) is 23.8. The molecule has 0 aliphatic carbocycles. The fraction of sp³-hybridized carbons (Fsp3) is 0.217. The van der Waals surface area contributed by atoms with E-state index in [1.54, 1.807) is 36.4 Å². The van der Waals surface area contributed by atoms with Gasteiger partial charge in [-0.05, 0) is 42.8 Å². The SMILES string of the molecule is CS(=O)(=O)N(CCCC(=O)Nc1ccccc1C(=O)NCc1ccco1)c1ccccc1F. The third kappa shape index (κ3) is 6.66. The molecule has 0 bridgehead atoms. The number of sulfonamides is 1. The van der Waals surface area contributed by atoms with Gasteiger partial charge in [0.25, 0.3) is 5.91 Å². The van der Waals surface area contributed by atoms with Crippen LogP contribution in [0.4, 0.5) is 15.8 Å². The predicted octanol–water partition coefficient (Wildman–Crippen LogP) is 3.53. The molecule has 2 N–H and O–H groups in total. The molecule has 0 saturated heterocycles. The van der Waals surface area contributed by atoms with E-state index in [-0.39, 0.29) is 43.1 Å². The molecule has 0 aliphatic rings. The lowest BCUT2D eigenvalue weighted by Gasteiger charge is -2.22. The minimum Gasteiger partial charge on any atom is -0.467 e. The van der Waals surface area contributed by atoms with Crippen LogP contribution in [0.2, 0.25) is 0 Å². The molecule has 10 heteroatoms. The highest BCUT2D eigenvalue weighted by Gasteiger charge is 2.21. The average molecular weight is 474 g/mol. The van der Waals surface area contributed by atoms with E-state index in [0.717, 1.165) is 10.6 Å². The van der Waals surface area contributed by atoms with Crippen LogP contribution in [0.1, 0.15) is 29.0 Å². The summed E-state index contributed by atoms with van der Waals surface area (Å²) in [6, 6.07) is 15.5. The van der Waals surface area contributed by atoms with Gasteiger partial charge in [0.1, 0.15) is 11.6 Å². The summed E-state index contributed by atoms with van der Waals surface area (Å²) < 4.78 is 44.5. The van der Waals surface area contributed by atoms with Gasteiger partial charge in [0.15, 0.2) is 0 Å². The van der Waals surface area contributed by atoms with E-state index in [2.05, 4.69) is 10.6 Å². The monoisotopic (exact) mass is 473 g/mol. The van der Waals surface area contributed by atoms with E-state index in [1.807, 2.05) is 0 Å². The highest BCUT2D eigenvalue weighted by atomic mass is 32.2. The van der Waals surface area contributed by atoms with Crippen LogP contribution >= 0.6 is 0 Å². The lowest BCUT2D eigenvalue weighted by atomic mass is 10.1. The van der Waals surface area contributed by atoms with Crippen molar-refractivity contribution in [3.63, 3.8) is 0 Å². The number of carbonyl (C=O) groups is 2. The minimum absolute atomic E-state index is 0.0250. The van der Waals surface area contributed by atoms with Crippen LogP contribution in [0, 0.1) is 5.82 Å². The third-order valence-corrected chi connectivity index (χ3v) is 5.92. The number of nitrogens with zero attached hydrogens (tertiary/aromatic N) is 1. The van der Waals surface area contributed by atoms with Crippen molar-refractivity contribution >= 4 is 33.2 Å². The molecule has 1 heterocycles. The number of hydrogen-bond donors (Lipinski definition) is 2. The van der Waals surface area contributed by atoms with Crippen molar-refractivity contribution < 1.29 is 26.8 Å². The van der Waals surface area contributed by atoms with Gasteiger partial charge >= 0.3 is 0 Å². The summed E-state index contributed by atoms with van der Waals surface area (Å²) in [5.41, 5.74) is 0.536. The van der Waals surface area contributed by atoms with Crippen LogP contribution in [0.25, 0.3) is 0 Å². The molecule has 2 aromatic carbocycles. The van der Waals surface area contributed by atoms with Crippen molar-refractivity contribution in [2.75, 3.05) is 22.4 Å². The first-order valence-corrected chi connectivity index (χ1v) is 12.0. The van der Waals surface area contributed by atoms with Crippen LogP contribution in [-0.2, 0) is 21.4 Å². The maximum absolute atomic E-state index is 14.1. The Morgan fingerprint density at radius 2 is 1.76 bits per heavy atom. The van der Waals surface area contributed by atoms with Crippen LogP contribution in [0.15, 0.2) is 71.3 Å². The zero-order valence-corrected chi connectivity index (χ0v) is 18.8. The topological polar surface area (TPSA) is 109 Å². The quantitative estimate of drug-likeness (QED) is 0.468. The van der Waals surface area contributed by atoms with Crippen molar-refractivity contribution in [3.05, 3.63) is 84.1 Å². The number of benzene rings is 2. The Hall–Kier alpha value is -3.66. The molecule has 33 heavy (non-hydrogen) atoms. The summed E-state index contributed by atoms with van der Waals surface area (Å²) >= 11 is 0. The van der Waals surface area contributed by atoms with Gasteiger partial charge in [-0.25, -0.2) is 12.8 Å². The molecule has 0 atom stereocenters. The first-order valence-electron chi connectivity index (χ1n) is 10.2. The highest BCUT2D eigenvalue weighted by Crippen LogP contribution is 2.22. The molecule has 174 valence electrons. The van der Waals surface area contributed by atoms with Crippen LogP contribution in [0.3, 0.4) is 0 Å². The Kier molecular flexibility index (Phi) is 7.83. The molecule has 1 aromatic heterocycles. The second-order valence-corrected chi connectivity index (χ2v) is 9.15. The van der Waals surface area contributed by atoms with Crippen molar-refractivity contribution in [3.8, 4) is 0 Å². The van der Waals surface area contributed by atoms with Gasteiger partial charge in [0, 0.05) is 13.0 Å². The maximum atomic E-state index is 14.1. The number of nitrogens with one attached hydrogen (secondary N) is 2. The molecule has 0 fully saturated rings.